The monoisotopic (exact) mass is 222 g/mol. The number of hydrogen-bond donors (Lipinski definition) is 0. The van der Waals surface area contributed by atoms with Crippen LogP contribution in [0.1, 0.15) is 18.0 Å². The number of hydrogen-bond acceptors (Lipinski definition) is 3. The van der Waals surface area contributed by atoms with Crippen LogP contribution in [0.15, 0.2) is 12.1 Å². The second kappa shape index (κ2) is 4.58. The van der Waals surface area contributed by atoms with Crippen LogP contribution in [0.5, 0.6) is 0 Å². The molecule has 0 saturated carbocycles. The number of halogens is 2. The zero-order valence-corrected chi connectivity index (χ0v) is 8.49. The van der Waals surface area contributed by atoms with E-state index in [1.54, 1.807) is 13.0 Å². The number of esters is 1. The third kappa shape index (κ3) is 2.67. The molecule has 1 heterocycles. The molecular weight excluding hydrogens is 215 g/mol. The molecule has 0 radical (unpaired) electrons. The van der Waals surface area contributed by atoms with Gasteiger partial charge in [0.1, 0.15) is 0 Å². The molecule has 1 rings (SSSR count). The molecule has 1 aromatic heterocycles. The van der Waals surface area contributed by atoms with E-state index in [2.05, 4.69) is 4.74 Å². The quantitative estimate of drug-likeness (QED) is 0.735. The minimum absolute atomic E-state index is 0.179. The highest BCUT2D eigenvalue weighted by atomic mass is 35.5. The fraction of sp³-hybridized carbons (Fsp3) is 0.375. The molecule has 0 spiro atoms. The summed E-state index contributed by atoms with van der Waals surface area (Å²) in [6.45, 7) is 1.81. The van der Waals surface area contributed by atoms with Gasteiger partial charge in [-0.1, -0.05) is 11.6 Å². The van der Waals surface area contributed by atoms with Gasteiger partial charge in [0.05, 0.1) is 15.8 Å². The molecule has 0 saturated heterocycles. The first-order valence-electron chi connectivity index (χ1n) is 3.71. The van der Waals surface area contributed by atoms with Crippen LogP contribution < -0.4 is 0 Å². The van der Waals surface area contributed by atoms with Gasteiger partial charge in [-0.3, -0.25) is 0 Å². The van der Waals surface area contributed by atoms with E-state index in [1.807, 2.05) is 0 Å². The van der Waals surface area contributed by atoms with Gasteiger partial charge in [0.25, 0.3) is 0 Å². The van der Waals surface area contributed by atoms with E-state index in [0.29, 0.717) is 4.34 Å². The van der Waals surface area contributed by atoms with Crippen molar-refractivity contribution in [3.8, 4) is 0 Å². The molecule has 1 aromatic rings. The maximum Gasteiger partial charge on any atom is 0.346 e. The maximum atomic E-state index is 13.2. The summed E-state index contributed by atoms with van der Waals surface area (Å²) in [5.74, 6) is -0.860. The minimum atomic E-state index is -1.71. The topological polar surface area (TPSA) is 26.3 Å². The van der Waals surface area contributed by atoms with Gasteiger partial charge in [-0.05, 0) is 19.1 Å². The lowest BCUT2D eigenvalue weighted by molar-refractivity contribution is -0.149. The number of carbonyl (C=O) groups excluding carboxylic acids is 1. The lowest BCUT2D eigenvalue weighted by Gasteiger charge is -2.04. The molecule has 1 atom stereocenters. The van der Waals surface area contributed by atoms with Crippen molar-refractivity contribution in [1.29, 1.82) is 0 Å². The molecule has 0 aliphatic rings. The van der Waals surface area contributed by atoms with Crippen molar-refractivity contribution in [3.05, 3.63) is 21.3 Å². The third-order valence-corrected chi connectivity index (χ3v) is 2.60. The van der Waals surface area contributed by atoms with Gasteiger partial charge in [-0.25, -0.2) is 9.18 Å². The van der Waals surface area contributed by atoms with Crippen molar-refractivity contribution in [3.63, 3.8) is 0 Å². The van der Waals surface area contributed by atoms with Crippen LogP contribution in [0.4, 0.5) is 4.39 Å². The van der Waals surface area contributed by atoms with E-state index >= 15 is 0 Å². The standard InChI is InChI=1S/C8H8ClFO2S/c1-2-12-8(11)7(10)5-3-4-6(9)13-5/h3-4,7H,2H2,1H3. The summed E-state index contributed by atoms with van der Waals surface area (Å²) in [6.07, 6.45) is -1.71. The number of carbonyl (C=O) groups is 1. The third-order valence-electron chi connectivity index (χ3n) is 1.34. The summed E-state index contributed by atoms with van der Waals surface area (Å²) in [5, 5.41) is 0. The summed E-state index contributed by atoms with van der Waals surface area (Å²) >= 11 is 6.63. The van der Waals surface area contributed by atoms with Crippen LogP contribution in [-0.2, 0) is 9.53 Å². The first-order valence-corrected chi connectivity index (χ1v) is 4.90. The molecule has 0 aromatic carbocycles. The van der Waals surface area contributed by atoms with Crippen molar-refractivity contribution in [2.24, 2.45) is 0 Å². The minimum Gasteiger partial charge on any atom is -0.464 e. The Morgan fingerprint density at radius 1 is 1.77 bits per heavy atom. The summed E-state index contributed by atoms with van der Waals surface area (Å²) in [7, 11) is 0. The fourth-order valence-electron chi connectivity index (χ4n) is 0.796. The average molecular weight is 223 g/mol. The number of alkyl halides is 1. The Bertz CT molecular complexity index is 300. The normalized spacial score (nSPS) is 12.5. The van der Waals surface area contributed by atoms with E-state index in [9.17, 15) is 9.18 Å². The molecule has 0 aliphatic carbocycles. The Morgan fingerprint density at radius 3 is 2.92 bits per heavy atom. The lowest BCUT2D eigenvalue weighted by atomic mass is 10.3. The maximum absolute atomic E-state index is 13.2. The van der Waals surface area contributed by atoms with Crippen LogP contribution in [0.3, 0.4) is 0 Å². The van der Waals surface area contributed by atoms with E-state index in [4.69, 9.17) is 11.6 Å². The van der Waals surface area contributed by atoms with Crippen molar-refractivity contribution in [1.82, 2.24) is 0 Å². The molecular formula is C8H8ClFO2S. The highest BCUT2D eigenvalue weighted by Gasteiger charge is 2.22. The number of rotatable bonds is 3. The summed E-state index contributed by atoms with van der Waals surface area (Å²) < 4.78 is 18.2. The van der Waals surface area contributed by atoms with Crippen molar-refractivity contribution >= 4 is 28.9 Å². The Labute approximate surface area is 84.3 Å². The largest absolute Gasteiger partial charge is 0.464 e. The first kappa shape index (κ1) is 10.5. The molecule has 0 bridgehead atoms. The van der Waals surface area contributed by atoms with Crippen molar-refractivity contribution in [2.75, 3.05) is 6.61 Å². The Morgan fingerprint density at radius 2 is 2.46 bits per heavy atom. The van der Waals surface area contributed by atoms with Crippen LogP contribution >= 0.6 is 22.9 Å². The van der Waals surface area contributed by atoms with Gasteiger partial charge in [-0.15, -0.1) is 11.3 Å². The van der Waals surface area contributed by atoms with Crippen LogP contribution in [0, 0.1) is 0 Å². The zero-order chi connectivity index (χ0) is 9.84. The van der Waals surface area contributed by atoms with E-state index in [-0.39, 0.29) is 11.5 Å². The second-order valence-corrected chi connectivity index (χ2v) is 4.00. The molecule has 0 fully saturated rings. The fourth-order valence-corrected chi connectivity index (χ4v) is 1.82. The predicted octanol–water partition coefficient (Wildman–Crippen LogP) is 2.98. The molecule has 72 valence electrons. The van der Waals surface area contributed by atoms with Gasteiger partial charge in [0.15, 0.2) is 0 Å². The van der Waals surface area contributed by atoms with Gasteiger partial charge in [-0.2, -0.15) is 0 Å². The van der Waals surface area contributed by atoms with Crippen LogP contribution in [-0.4, -0.2) is 12.6 Å². The predicted molar refractivity (Wildman–Crippen MR) is 49.8 cm³/mol. The van der Waals surface area contributed by atoms with Gasteiger partial charge < -0.3 is 4.74 Å². The lowest BCUT2D eigenvalue weighted by Crippen LogP contribution is -2.10. The summed E-state index contributed by atoms with van der Waals surface area (Å²) in [6, 6.07) is 3.03. The van der Waals surface area contributed by atoms with Gasteiger partial charge in [0, 0.05) is 0 Å². The first-order chi connectivity index (χ1) is 6.15. The second-order valence-electron chi connectivity index (χ2n) is 2.26. The van der Waals surface area contributed by atoms with Crippen molar-refractivity contribution < 1.29 is 13.9 Å². The Hall–Kier alpha value is -0.610. The van der Waals surface area contributed by atoms with Crippen molar-refractivity contribution in [2.45, 2.75) is 13.1 Å². The number of thiophene rings is 1. The summed E-state index contributed by atoms with van der Waals surface area (Å²) in [5.41, 5.74) is 0. The highest BCUT2D eigenvalue weighted by molar-refractivity contribution is 7.16. The molecule has 0 N–H and O–H groups in total. The summed E-state index contributed by atoms with van der Waals surface area (Å²) in [4.78, 5) is 11.2. The zero-order valence-electron chi connectivity index (χ0n) is 6.92. The Kier molecular flexibility index (Phi) is 3.69. The van der Waals surface area contributed by atoms with E-state index < -0.39 is 12.1 Å². The smallest absolute Gasteiger partial charge is 0.346 e. The van der Waals surface area contributed by atoms with Crippen LogP contribution in [0.25, 0.3) is 0 Å². The van der Waals surface area contributed by atoms with Gasteiger partial charge >= 0.3 is 5.97 Å². The molecule has 13 heavy (non-hydrogen) atoms. The van der Waals surface area contributed by atoms with Crippen LogP contribution in [0.2, 0.25) is 4.34 Å². The SMILES string of the molecule is CCOC(=O)C(F)c1ccc(Cl)s1. The van der Waals surface area contributed by atoms with Gasteiger partial charge in [0.2, 0.25) is 6.17 Å². The van der Waals surface area contributed by atoms with E-state index in [1.165, 1.54) is 6.07 Å². The Balaban J connectivity index is 2.67. The molecule has 0 aliphatic heterocycles. The van der Waals surface area contributed by atoms with E-state index in [0.717, 1.165) is 11.3 Å². The highest BCUT2D eigenvalue weighted by Crippen LogP contribution is 2.29. The average Bonchev–Trinajstić information content (AvgIpc) is 2.51. The molecule has 5 heteroatoms. The molecule has 1 unspecified atom stereocenters. The molecule has 2 nitrogen and oxygen atoms in total. The number of ether oxygens (including phenoxy) is 1. The molecule has 0 amide bonds.